The van der Waals surface area contributed by atoms with E-state index in [1.807, 2.05) is 6.92 Å². The van der Waals surface area contributed by atoms with E-state index in [4.69, 9.17) is 0 Å². The Kier molecular flexibility index (Phi) is 7.06. The molecule has 1 amide bonds. The maximum atomic E-state index is 10.3. The molecule has 0 saturated carbocycles. The lowest BCUT2D eigenvalue weighted by molar-refractivity contribution is 0.261. The van der Waals surface area contributed by atoms with Gasteiger partial charge in [-0.15, -0.1) is 11.8 Å². The van der Waals surface area contributed by atoms with E-state index in [0.29, 0.717) is 6.54 Å². The molecule has 0 aromatic rings. The lowest BCUT2D eigenvalue weighted by Crippen LogP contribution is -2.17. The molecule has 0 radical (unpaired) electrons. The van der Waals surface area contributed by atoms with Crippen molar-refractivity contribution >= 4 is 17.9 Å². The molecule has 2 nitrogen and oxygen atoms in total. The summed E-state index contributed by atoms with van der Waals surface area (Å²) < 4.78 is 0. The number of hydrogen-bond donors (Lipinski definition) is 2. The topological polar surface area (TPSA) is 29.1 Å². The molecule has 0 aliphatic rings. The third-order valence-electron chi connectivity index (χ3n) is 1.18. The molecule has 3 heteroatoms. The van der Waals surface area contributed by atoms with Crippen LogP contribution in [0.3, 0.4) is 0 Å². The summed E-state index contributed by atoms with van der Waals surface area (Å²) in [5.41, 5.74) is 0. The number of nitrogens with one attached hydrogen (secondary N) is 1. The summed E-state index contributed by atoms with van der Waals surface area (Å²) in [5.74, 6) is 5.77. The number of amides is 1. The zero-order chi connectivity index (χ0) is 8.53. The Balaban J connectivity index is 3.00. The molecule has 62 valence electrons. The van der Waals surface area contributed by atoms with Crippen LogP contribution in [0.4, 0.5) is 4.79 Å². The Morgan fingerprint density at radius 1 is 1.55 bits per heavy atom. The van der Waals surface area contributed by atoms with E-state index in [0.717, 1.165) is 19.3 Å². The zero-order valence-electron chi connectivity index (χ0n) is 6.68. The molecule has 0 saturated heterocycles. The Bertz CT molecular complexity index is 169. The van der Waals surface area contributed by atoms with Gasteiger partial charge in [0.25, 0.3) is 5.24 Å². The molecule has 0 fully saturated rings. The highest BCUT2D eigenvalue weighted by atomic mass is 32.1. The molecule has 11 heavy (non-hydrogen) atoms. The van der Waals surface area contributed by atoms with E-state index in [1.54, 1.807) is 0 Å². The fourth-order valence-corrected chi connectivity index (χ4v) is 0.771. The van der Waals surface area contributed by atoms with Crippen molar-refractivity contribution in [3.8, 4) is 11.8 Å². The molecule has 0 bridgehead atoms. The normalized spacial score (nSPS) is 8.18. The highest BCUT2D eigenvalue weighted by molar-refractivity contribution is 7.96. The maximum Gasteiger partial charge on any atom is 0.275 e. The van der Waals surface area contributed by atoms with Crippen LogP contribution in [0.5, 0.6) is 0 Å². The fraction of sp³-hybridized carbons (Fsp3) is 0.625. The molecule has 0 aliphatic heterocycles. The fourth-order valence-electron chi connectivity index (χ4n) is 0.659. The van der Waals surface area contributed by atoms with Crippen LogP contribution in [0, 0.1) is 11.8 Å². The summed E-state index contributed by atoms with van der Waals surface area (Å²) in [4.78, 5) is 10.3. The molecule has 1 N–H and O–H groups in total. The van der Waals surface area contributed by atoms with Crippen molar-refractivity contribution in [2.45, 2.75) is 26.2 Å². The van der Waals surface area contributed by atoms with Crippen molar-refractivity contribution in [2.75, 3.05) is 6.54 Å². The first-order valence-corrected chi connectivity index (χ1v) is 4.08. The van der Waals surface area contributed by atoms with Gasteiger partial charge < -0.3 is 5.32 Å². The molecule has 0 atom stereocenters. The molecule has 0 unspecified atom stereocenters. The molecule has 0 rings (SSSR count). The molecule has 0 heterocycles. The van der Waals surface area contributed by atoms with E-state index >= 15 is 0 Å². The van der Waals surface area contributed by atoms with Crippen LogP contribution >= 0.6 is 12.6 Å². The summed E-state index contributed by atoms with van der Waals surface area (Å²) >= 11 is 3.56. The molecule has 0 aromatic carbocycles. The van der Waals surface area contributed by atoms with Crippen LogP contribution in [0.1, 0.15) is 26.2 Å². The monoisotopic (exact) mass is 171 g/mol. The first kappa shape index (κ1) is 10.4. The summed E-state index contributed by atoms with van der Waals surface area (Å²) in [6.07, 6.45) is 2.93. The highest BCUT2D eigenvalue weighted by Gasteiger charge is 1.89. The molecule has 0 aliphatic carbocycles. The largest absolute Gasteiger partial charge is 0.347 e. The summed E-state index contributed by atoms with van der Waals surface area (Å²) in [7, 11) is 0. The SMILES string of the molecule is CC#CCCCCNC(=O)S. The van der Waals surface area contributed by atoms with Gasteiger partial charge in [-0.05, 0) is 19.8 Å². The van der Waals surface area contributed by atoms with Gasteiger partial charge in [0.05, 0.1) is 0 Å². The van der Waals surface area contributed by atoms with E-state index in [-0.39, 0.29) is 5.24 Å². The third-order valence-corrected chi connectivity index (χ3v) is 1.34. The Morgan fingerprint density at radius 3 is 2.82 bits per heavy atom. The summed E-state index contributed by atoms with van der Waals surface area (Å²) in [5, 5.41) is 2.34. The van der Waals surface area contributed by atoms with Crippen LogP contribution in [-0.4, -0.2) is 11.8 Å². The van der Waals surface area contributed by atoms with E-state index < -0.39 is 0 Å². The first-order chi connectivity index (χ1) is 5.27. The second kappa shape index (κ2) is 7.49. The predicted octanol–water partition coefficient (Wildman–Crippen LogP) is 1.82. The van der Waals surface area contributed by atoms with Crippen LogP contribution in [0.15, 0.2) is 0 Å². The first-order valence-electron chi connectivity index (χ1n) is 3.63. The minimum absolute atomic E-state index is 0.258. The Labute approximate surface area is 73.2 Å². The van der Waals surface area contributed by atoms with Crippen molar-refractivity contribution in [3.05, 3.63) is 0 Å². The number of rotatable bonds is 4. The van der Waals surface area contributed by atoms with Crippen LogP contribution in [0.25, 0.3) is 0 Å². The van der Waals surface area contributed by atoms with Gasteiger partial charge in [0.15, 0.2) is 0 Å². The Morgan fingerprint density at radius 2 is 2.27 bits per heavy atom. The van der Waals surface area contributed by atoms with Gasteiger partial charge in [-0.2, -0.15) is 0 Å². The average Bonchev–Trinajstić information content (AvgIpc) is 1.96. The van der Waals surface area contributed by atoms with Crippen molar-refractivity contribution < 1.29 is 4.79 Å². The zero-order valence-corrected chi connectivity index (χ0v) is 7.58. The summed E-state index contributed by atoms with van der Waals surface area (Å²) in [6.45, 7) is 2.53. The van der Waals surface area contributed by atoms with Crippen LogP contribution in [0.2, 0.25) is 0 Å². The van der Waals surface area contributed by atoms with Crippen molar-refractivity contribution in [2.24, 2.45) is 0 Å². The Hall–Kier alpha value is -0.620. The van der Waals surface area contributed by atoms with Gasteiger partial charge in [-0.1, -0.05) is 12.6 Å². The average molecular weight is 171 g/mol. The minimum atomic E-state index is -0.258. The number of hydrogen-bond acceptors (Lipinski definition) is 1. The molecule has 0 spiro atoms. The van der Waals surface area contributed by atoms with Gasteiger partial charge in [0.2, 0.25) is 0 Å². The van der Waals surface area contributed by atoms with Crippen molar-refractivity contribution in [1.82, 2.24) is 5.32 Å². The van der Waals surface area contributed by atoms with Crippen molar-refractivity contribution in [1.29, 1.82) is 0 Å². The van der Waals surface area contributed by atoms with Crippen molar-refractivity contribution in [3.63, 3.8) is 0 Å². The third kappa shape index (κ3) is 9.38. The number of thiol groups is 1. The number of carbonyl (C=O) groups is 1. The summed E-state index contributed by atoms with van der Waals surface area (Å²) in [6, 6.07) is 0. The van der Waals surface area contributed by atoms with Crippen LogP contribution < -0.4 is 5.32 Å². The minimum Gasteiger partial charge on any atom is -0.347 e. The van der Waals surface area contributed by atoms with Gasteiger partial charge in [0.1, 0.15) is 0 Å². The quantitative estimate of drug-likeness (QED) is 0.377. The smallest absolute Gasteiger partial charge is 0.275 e. The van der Waals surface area contributed by atoms with Gasteiger partial charge >= 0.3 is 0 Å². The highest BCUT2D eigenvalue weighted by Crippen LogP contribution is 1.91. The number of carbonyl (C=O) groups excluding carboxylic acids is 1. The lowest BCUT2D eigenvalue weighted by atomic mass is 10.2. The molecule has 0 aromatic heterocycles. The van der Waals surface area contributed by atoms with Gasteiger partial charge in [-0.3, -0.25) is 4.79 Å². The maximum absolute atomic E-state index is 10.3. The lowest BCUT2D eigenvalue weighted by Gasteiger charge is -1.97. The number of unbranched alkanes of at least 4 members (excludes halogenated alkanes) is 2. The molecular formula is C8H13NOS. The predicted molar refractivity (Wildman–Crippen MR) is 49.7 cm³/mol. The van der Waals surface area contributed by atoms with E-state index in [1.165, 1.54) is 0 Å². The second-order valence-electron chi connectivity index (χ2n) is 2.12. The van der Waals surface area contributed by atoms with E-state index in [2.05, 4.69) is 29.8 Å². The second-order valence-corrected chi connectivity index (χ2v) is 2.52. The van der Waals surface area contributed by atoms with Gasteiger partial charge in [0, 0.05) is 13.0 Å². The van der Waals surface area contributed by atoms with Gasteiger partial charge in [-0.25, -0.2) is 0 Å². The standard InChI is InChI=1S/C8H13NOS/c1-2-3-4-5-6-7-9-8(10)11/h4-7H2,1H3,(H2,9,10,11). The van der Waals surface area contributed by atoms with Crippen LogP contribution in [-0.2, 0) is 0 Å². The molecular weight excluding hydrogens is 158 g/mol. The van der Waals surface area contributed by atoms with E-state index in [9.17, 15) is 4.79 Å².